The first-order valence-corrected chi connectivity index (χ1v) is 32.8. The molecule has 0 aromatic rings. The highest BCUT2D eigenvalue weighted by Crippen LogP contribution is 2.18. The van der Waals surface area contributed by atoms with Gasteiger partial charge < -0.3 is 14.2 Å². The number of allylic oxidation sites excluding steroid dienone is 4. The van der Waals surface area contributed by atoms with E-state index in [1.165, 1.54) is 263 Å². The maximum Gasteiger partial charge on any atom is 0.306 e. The van der Waals surface area contributed by atoms with Gasteiger partial charge in [0.2, 0.25) is 0 Å². The number of hydrogen-bond acceptors (Lipinski definition) is 6. The number of esters is 3. The first kappa shape index (κ1) is 70.9. The van der Waals surface area contributed by atoms with Gasteiger partial charge in [-0.3, -0.25) is 14.4 Å². The van der Waals surface area contributed by atoms with E-state index >= 15 is 0 Å². The van der Waals surface area contributed by atoms with Crippen LogP contribution in [-0.4, -0.2) is 37.2 Å². The van der Waals surface area contributed by atoms with E-state index in [-0.39, 0.29) is 31.1 Å². The van der Waals surface area contributed by atoms with Crippen molar-refractivity contribution in [2.45, 2.75) is 374 Å². The molecule has 0 aromatic carbocycles. The van der Waals surface area contributed by atoms with Gasteiger partial charge in [-0.25, -0.2) is 0 Å². The van der Waals surface area contributed by atoms with Crippen LogP contribution in [0.15, 0.2) is 24.3 Å². The lowest BCUT2D eigenvalue weighted by Crippen LogP contribution is -2.30. The molecule has 0 saturated carbocycles. The van der Waals surface area contributed by atoms with Crippen LogP contribution in [0.2, 0.25) is 0 Å². The molecule has 0 rings (SSSR count). The minimum absolute atomic E-state index is 0.0660. The second kappa shape index (κ2) is 62.4. The molecule has 1 atom stereocenters. The van der Waals surface area contributed by atoms with Gasteiger partial charge in [-0.1, -0.05) is 321 Å². The Morgan fingerprint density at radius 2 is 0.493 bits per heavy atom. The van der Waals surface area contributed by atoms with E-state index in [9.17, 15) is 14.4 Å². The third kappa shape index (κ3) is 60.6. The summed E-state index contributed by atoms with van der Waals surface area (Å²) in [5.41, 5.74) is 0. The van der Waals surface area contributed by atoms with E-state index in [0.717, 1.165) is 64.2 Å². The van der Waals surface area contributed by atoms with Gasteiger partial charge in [-0.2, -0.15) is 0 Å². The summed E-state index contributed by atoms with van der Waals surface area (Å²) in [6.07, 6.45) is 74.6. The number of unbranched alkanes of at least 4 members (excludes halogenated alkanes) is 46. The van der Waals surface area contributed by atoms with Crippen molar-refractivity contribution in [1.82, 2.24) is 0 Å². The van der Waals surface area contributed by atoms with Crippen molar-refractivity contribution in [3.05, 3.63) is 24.3 Å². The molecular weight excluding hydrogens is 901 g/mol. The molecule has 0 fully saturated rings. The van der Waals surface area contributed by atoms with Gasteiger partial charge in [0.15, 0.2) is 6.10 Å². The summed E-state index contributed by atoms with van der Waals surface area (Å²) in [6.45, 7) is 6.70. The molecule has 0 amide bonds. The Morgan fingerprint density at radius 1 is 0.274 bits per heavy atom. The monoisotopic (exact) mass is 1030 g/mol. The lowest BCUT2D eigenvalue weighted by Gasteiger charge is -2.18. The average molecular weight is 1030 g/mol. The van der Waals surface area contributed by atoms with Crippen LogP contribution >= 0.6 is 0 Å². The Morgan fingerprint density at radius 3 is 0.753 bits per heavy atom. The zero-order valence-corrected chi connectivity index (χ0v) is 49.4. The zero-order chi connectivity index (χ0) is 52.9. The number of carbonyl (C=O) groups is 3. The molecule has 6 nitrogen and oxygen atoms in total. The molecule has 0 aliphatic carbocycles. The first-order chi connectivity index (χ1) is 36.0. The molecule has 0 heterocycles. The van der Waals surface area contributed by atoms with Gasteiger partial charge in [-0.15, -0.1) is 0 Å². The Bertz CT molecular complexity index is 1180. The van der Waals surface area contributed by atoms with Crippen molar-refractivity contribution >= 4 is 17.9 Å². The van der Waals surface area contributed by atoms with Gasteiger partial charge in [0.1, 0.15) is 13.2 Å². The third-order valence-electron chi connectivity index (χ3n) is 15.0. The highest BCUT2D eigenvalue weighted by Gasteiger charge is 2.19. The van der Waals surface area contributed by atoms with Crippen LogP contribution in [0.5, 0.6) is 0 Å². The minimum Gasteiger partial charge on any atom is -0.462 e. The predicted molar refractivity (Wildman–Crippen MR) is 316 cm³/mol. The van der Waals surface area contributed by atoms with E-state index in [0.29, 0.717) is 19.3 Å². The maximum atomic E-state index is 12.9. The van der Waals surface area contributed by atoms with E-state index in [2.05, 4.69) is 45.1 Å². The Kier molecular flexibility index (Phi) is 60.6. The standard InChI is InChI=1S/C67H126O6/c1-4-7-10-13-16-19-22-25-28-31-32-33-34-37-39-42-45-48-51-54-57-60-66(69)72-63-64(73-67(70)61-58-55-52-49-46-43-40-36-30-27-24-21-18-15-12-9-6-3)62-71-65(68)59-56-53-50-47-44-41-38-35-29-26-23-20-17-14-11-8-5-2/h22,25,31-32,64H,4-21,23-24,26-30,33-63H2,1-3H3/b25-22-,32-31-. The summed E-state index contributed by atoms with van der Waals surface area (Å²) in [5.74, 6) is -0.840. The lowest BCUT2D eigenvalue weighted by atomic mass is 10.0. The van der Waals surface area contributed by atoms with Crippen molar-refractivity contribution < 1.29 is 28.6 Å². The van der Waals surface area contributed by atoms with Crippen LogP contribution in [0.25, 0.3) is 0 Å². The van der Waals surface area contributed by atoms with E-state index < -0.39 is 6.10 Å². The summed E-state index contributed by atoms with van der Waals surface area (Å²) in [6, 6.07) is 0. The summed E-state index contributed by atoms with van der Waals surface area (Å²) in [4.78, 5) is 38.4. The summed E-state index contributed by atoms with van der Waals surface area (Å²) < 4.78 is 17.0. The van der Waals surface area contributed by atoms with Gasteiger partial charge >= 0.3 is 17.9 Å². The highest BCUT2D eigenvalue weighted by atomic mass is 16.6. The molecule has 430 valence electrons. The fourth-order valence-corrected chi connectivity index (χ4v) is 10.0. The fourth-order valence-electron chi connectivity index (χ4n) is 10.0. The van der Waals surface area contributed by atoms with Crippen molar-refractivity contribution in [3.63, 3.8) is 0 Å². The second-order valence-electron chi connectivity index (χ2n) is 22.4. The molecule has 0 aromatic heterocycles. The van der Waals surface area contributed by atoms with Gasteiger partial charge in [0.25, 0.3) is 0 Å². The first-order valence-electron chi connectivity index (χ1n) is 32.8. The van der Waals surface area contributed by atoms with Crippen LogP contribution in [0, 0.1) is 0 Å². The SMILES string of the molecule is CCCCCCC/C=C\C/C=C\CCCCCCCCCCCC(=O)OCC(COC(=O)CCCCCCCCCCCCCCCCCCC)OC(=O)CCCCCCCCCCCCCCCCCCC. The number of carbonyl (C=O) groups excluding carboxylic acids is 3. The van der Waals surface area contributed by atoms with Crippen molar-refractivity contribution in [1.29, 1.82) is 0 Å². The Hall–Kier alpha value is -2.11. The normalized spacial score (nSPS) is 12.1. The predicted octanol–water partition coefficient (Wildman–Crippen LogP) is 22.2. The summed E-state index contributed by atoms with van der Waals surface area (Å²) in [5, 5.41) is 0. The molecule has 6 heteroatoms. The van der Waals surface area contributed by atoms with Crippen molar-refractivity contribution in [2.24, 2.45) is 0 Å². The topological polar surface area (TPSA) is 78.9 Å². The molecule has 0 bridgehead atoms. The molecule has 0 radical (unpaired) electrons. The molecule has 1 unspecified atom stereocenters. The van der Waals surface area contributed by atoms with E-state index in [1.807, 2.05) is 0 Å². The molecule has 0 aliphatic rings. The molecule has 0 spiro atoms. The summed E-state index contributed by atoms with van der Waals surface area (Å²) >= 11 is 0. The smallest absolute Gasteiger partial charge is 0.306 e. The number of hydrogen-bond donors (Lipinski definition) is 0. The zero-order valence-electron chi connectivity index (χ0n) is 49.4. The fraction of sp³-hybridized carbons (Fsp3) is 0.896. The third-order valence-corrected chi connectivity index (χ3v) is 15.0. The van der Waals surface area contributed by atoms with Crippen LogP contribution in [-0.2, 0) is 28.6 Å². The molecule has 0 N–H and O–H groups in total. The number of ether oxygens (including phenoxy) is 3. The van der Waals surface area contributed by atoms with E-state index in [1.54, 1.807) is 0 Å². The number of rotatable bonds is 61. The van der Waals surface area contributed by atoms with Crippen molar-refractivity contribution in [3.8, 4) is 0 Å². The lowest BCUT2D eigenvalue weighted by molar-refractivity contribution is -0.167. The molecule has 0 saturated heterocycles. The maximum absolute atomic E-state index is 12.9. The minimum atomic E-state index is -0.769. The second-order valence-corrected chi connectivity index (χ2v) is 22.4. The van der Waals surface area contributed by atoms with Crippen molar-refractivity contribution in [2.75, 3.05) is 13.2 Å². The Balaban J connectivity index is 4.31. The quantitative estimate of drug-likeness (QED) is 0.0261. The molecule has 73 heavy (non-hydrogen) atoms. The Labute approximate surface area is 455 Å². The largest absolute Gasteiger partial charge is 0.462 e. The molecule has 0 aliphatic heterocycles. The van der Waals surface area contributed by atoms with Crippen LogP contribution in [0.4, 0.5) is 0 Å². The van der Waals surface area contributed by atoms with Crippen LogP contribution < -0.4 is 0 Å². The summed E-state index contributed by atoms with van der Waals surface area (Å²) in [7, 11) is 0. The average Bonchev–Trinajstić information content (AvgIpc) is 3.39. The van der Waals surface area contributed by atoms with Gasteiger partial charge in [-0.05, 0) is 51.4 Å². The van der Waals surface area contributed by atoms with Gasteiger partial charge in [0.05, 0.1) is 0 Å². The van der Waals surface area contributed by atoms with E-state index in [4.69, 9.17) is 14.2 Å². The van der Waals surface area contributed by atoms with Crippen LogP contribution in [0.3, 0.4) is 0 Å². The van der Waals surface area contributed by atoms with Crippen LogP contribution in [0.1, 0.15) is 367 Å². The van der Waals surface area contributed by atoms with Gasteiger partial charge in [0, 0.05) is 19.3 Å². The highest BCUT2D eigenvalue weighted by molar-refractivity contribution is 5.71. The molecular formula is C67H126O6.